The molecule has 0 aromatic heterocycles. The number of nitrogens with two attached hydrogens (primary N) is 1. The van der Waals surface area contributed by atoms with Crippen LogP contribution in [0.25, 0.3) is 0 Å². The van der Waals surface area contributed by atoms with Crippen molar-refractivity contribution in [1.29, 1.82) is 0 Å². The van der Waals surface area contributed by atoms with E-state index in [9.17, 15) is 18.0 Å². The number of rotatable bonds is 3. The summed E-state index contributed by atoms with van der Waals surface area (Å²) in [5.74, 6) is -1.16. The number of carbonyl (C=O) groups is 2. The molecule has 1 saturated heterocycles. The second-order valence-corrected chi connectivity index (χ2v) is 7.77. The number of nitrogens with zero attached hydrogens (tertiary/aromatic N) is 1. The Hall–Kier alpha value is -1.93. The highest BCUT2D eigenvalue weighted by atomic mass is 32.2. The van der Waals surface area contributed by atoms with Crippen LogP contribution in [0, 0.1) is 0 Å². The third-order valence-electron chi connectivity index (χ3n) is 4.33. The summed E-state index contributed by atoms with van der Waals surface area (Å²) in [6, 6.07) is 5.95. The number of hydrogen-bond donors (Lipinski definition) is 2. The molecule has 1 aromatic rings. The van der Waals surface area contributed by atoms with Crippen molar-refractivity contribution in [2.24, 2.45) is 5.14 Å². The molecule has 24 heavy (non-hydrogen) atoms. The maximum absolute atomic E-state index is 12.3. The molecule has 0 saturated carbocycles. The van der Waals surface area contributed by atoms with Crippen molar-refractivity contribution < 1.29 is 18.0 Å². The molecule has 2 amide bonds. The normalized spacial score (nSPS) is 21.4. The third-order valence-corrected chi connectivity index (χ3v) is 5.26. The Bertz CT molecular complexity index is 705. The van der Waals surface area contributed by atoms with Gasteiger partial charge in [0.15, 0.2) is 0 Å². The van der Waals surface area contributed by atoms with E-state index in [2.05, 4.69) is 5.32 Å². The molecule has 0 bridgehead atoms. The van der Waals surface area contributed by atoms with Gasteiger partial charge in [-0.1, -0.05) is 12.1 Å². The van der Waals surface area contributed by atoms with Gasteiger partial charge in [-0.2, -0.15) is 0 Å². The van der Waals surface area contributed by atoms with Crippen LogP contribution in [0.5, 0.6) is 0 Å². The van der Waals surface area contributed by atoms with E-state index in [4.69, 9.17) is 5.14 Å². The van der Waals surface area contributed by atoms with Gasteiger partial charge in [-0.3, -0.25) is 9.59 Å². The fourth-order valence-electron chi connectivity index (χ4n) is 2.99. The van der Waals surface area contributed by atoms with Crippen LogP contribution in [0.3, 0.4) is 0 Å². The lowest BCUT2D eigenvalue weighted by Crippen LogP contribution is -2.52. The van der Waals surface area contributed by atoms with Crippen LogP contribution in [0.1, 0.15) is 38.7 Å². The van der Waals surface area contributed by atoms with E-state index in [1.54, 1.807) is 17.0 Å². The highest BCUT2D eigenvalue weighted by Gasteiger charge is 2.32. The predicted octanol–water partition coefficient (Wildman–Crippen LogP) is 0.740. The van der Waals surface area contributed by atoms with Crippen molar-refractivity contribution in [2.45, 2.75) is 56.6 Å². The topological polar surface area (TPSA) is 110 Å². The van der Waals surface area contributed by atoms with Crippen LogP contribution < -0.4 is 10.5 Å². The number of nitrogens with one attached hydrogen (secondary N) is 1. The van der Waals surface area contributed by atoms with Gasteiger partial charge >= 0.3 is 11.8 Å². The van der Waals surface area contributed by atoms with E-state index < -0.39 is 21.8 Å². The lowest BCUT2D eigenvalue weighted by Gasteiger charge is -2.38. The second-order valence-electron chi connectivity index (χ2n) is 6.21. The number of carbonyl (C=O) groups excluding carboxylic acids is 2. The molecule has 0 radical (unpaired) electrons. The Morgan fingerprint density at radius 1 is 1.17 bits per heavy atom. The molecule has 7 nitrogen and oxygen atoms in total. The number of benzene rings is 1. The van der Waals surface area contributed by atoms with E-state index in [1.807, 2.05) is 13.8 Å². The van der Waals surface area contributed by atoms with Crippen molar-refractivity contribution in [1.82, 2.24) is 10.2 Å². The quantitative estimate of drug-likeness (QED) is 0.781. The molecule has 132 valence electrons. The van der Waals surface area contributed by atoms with Gasteiger partial charge in [0.25, 0.3) is 0 Å². The van der Waals surface area contributed by atoms with E-state index in [-0.39, 0.29) is 23.5 Å². The van der Waals surface area contributed by atoms with Gasteiger partial charge in [0, 0.05) is 18.6 Å². The minimum absolute atomic E-state index is 0.00428. The van der Waals surface area contributed by atoms with Gasteiger partial charge in [0.1, 0.15) is 0 Å². The lowest BCUT2D eigenvalue weighted by atomic mass is 9.97. The van der Waals surface area contributed by atoms with Crippen molar-refractivity contribution >= 4 is 21.8 Å². The first kappa shape index (κ1) is 18.4. The Labute approximate surface area is 142 Å². The lowest BCUT2D eigenvalue weighted by molar-refractivity contribution is -0.150. The summed E-state index contributed by atoms with van der Waals surface area (Å²) in [7, 11) is -3.74. The van der Waals surface area contributed by atoms with Gasteiger partial charge in [-0.25, -0.2) is 13.6 Å². The Kier molecular flexibility index (Phi) is 5.61. The molecule has 8 heteroatoms. The second kappa shape index (κ2) is 7.31. The first-order valence-electron chi connectivity index (χ1n) is 7.92. The molecule has 2 atom stereocenters. The van der Waals surface area contributed by atoms with E-state index in [1.165, 1.54) is 12.1 Å². The Morgan fingerprint density at radius 2 is 1.71 bits per heavy atom. The third kappa shape index (κ3) is 4.33. The van der Waals surface area contributed by atoms with Crippen molar-refractivity contribution in [3.63, 3.8) is 0 Å². The van der Waals surface area contributed by atoms with Gasteiger partial charge in [-0.15, -0.1) is 0 Å². The molecule has 1 heterocycles. The van der Waals surface area contributed by atoms with Gasteiger partial charge in [-0.05, 0) is 50.8 Å². The van der Waals surface area contributed by atoms with Crippen LogP contribution >= 0.6 is 0 Å². The SMILES string of the molecule is CC1CCCC(C)N1C(=O)C(=O)NCc1ccc(S(N)(=O)=O)cc1. The number of likely N-dealkylation sites (tertiary alicyclic amines) is 1. The van der Waals surface area contributed by atoms with E-state index in [0.717, 1.165) is 19.3 Å². The maximum atomic E-state index is 12.3. The van der Waals surface area contributed by atoms with Crippen LogP contribution in [0.2, 0.25) is 0 Å². The molecule has 2 unspecified atom stereocenters. The molecule has 0 spiro atoms. The van der Waals surface area contributed by atoms with E-state index >= 15 is 0 Å². The average molecular weight is 353 g/mol. The van der Waals surface area contributed by atoms with Crippen molar-refractivity contribution in [3.8, 4) is 0 Å². The summed E-state index contributed by atoms with van der Waals surface area (Å²) in [6.07, 6.45) is 2.86. The number of hydrogen-bond acceptors (Lipinski definition) is 4. The molecule has 1 aliphatic rings. The minimum atomic E-state index is -3.74. The smallest absolute Gasteiger partial charge is 0.312 e. The van der Waals surface area contributed by atoms with Crippen LogP contribution in [0.15, 0.2) is 29.2 Å². The highest BCUT2D eigenvalue weighted by molar-refractivity contribution is 7.89. The maximum Gasteiger partial charge on any atom is 0.312 e. The molecule has 0 aliphatic carbocycles. The van der Waals surface area contributed by atoms with Crippen LogP contribution in [-0.4, -0.2) is 37.2 Å². The summed E-state index contributed by atoms with van der Waals surface area (Å²) in [5.41, 5.74) is 0.684. The molecule has 1 fully saturated rings. The van der Waals surface area contributed by atoms with Gasteiger partial charge < -0.3 is 10.2 Å². The molecule has 1 aliphatic heterocycles. The highest BCUT2D eigenvalue weighted by Crippen LogP contribution is 2.22. The zero-order valence-electron chi connectivity index (χ0n) is 13.9. The summed E-state index contributed by atoms with van der Waals surface area (Å²) in [4.78, 5) is 26.1. The average Bonchev–Trinajstić information content (AvgIpc) is 2.51. The molecular formula is C16H23N3O4S. The standard InChI is InChI=1S/C16H23N3O4S/c1-11-4-3-5-12(2)19(11)16(21)15(20)18-10-13-6-8-14(9-7-13)24(17,22)23/h6-9,11-12H,3-5,10H2,1-2H3,(H,18,20)(H2,17,22,23). The summed E-state index contributed by atoms with van der Waals surface area (Å²) in [5, 5.41) is 7.61. The van der Waals surface area contributed by atoms with E-state index in [0.29, 0.717) is 5.56 Å². The fraction of sp³-hybridized carbons (Fsp3) is 0.500. The first-order chi connectivity index (χ1) is 11.2. The Balaban J connectivity index is 1.96. The fourth-order valence-corrected chi connectivity index (χ4v) is 3.51. The molecular weight excluding hydrogens is 330 g/mol. The predicted molar refractivity (Wildman–Crippen MR) is 89.3 cm³/mol. The van der Waals surface area contributed by atoms with Gasteiger partial charge in [0.2, 0.25) is 10.0 Å². The summed E-state index contributed by atoms with van der Waals surface area (Å²) < 4.78 is 22.4. The van der Waals surface area contributed by atoms with Crippen LogP contribution in [0.4, 0.5) is 0 Å². The van der Waals surface area contributed by atoms with Crippen molar-refractivity contribution in [3.05, 3.63) is 29.8 Å². The zero-order valence-corrected chi connectivity index (χ0v) is 14.7. The Morgan fingerprint density at radius 3 is 2.21 bits per heavy atom. The minimum Gasteiger partial charge on any atom is -0.344 e. The molecule has 2 rings (SSSR count). The van der Waals surface area contributed by atoms with Crippen LogP contribution in [-0.2, 0) is 26.2 Å². The number of primary sulfonamides is 1. The molecule has 3 N–H and O–H groups in total. The number of sulfonamides is 1. The van der Waals surface area contributed by atoms with Gasteiger partial charge in [0.05, 0.1) is 4.90 Å². The first-order valence-corrected chi connectivity index (χ1v) is 9.47. The van der Waals surface area contributed by atoms with Crippen molar-refractivity contribution in [2.75, 3.05) is 0 Å². The number of piperidine rings is 1. The zero-order chi connectivity index (χ0) is 17.9. The number of amides is 2. The summed E-state index contributed by atoms with van der Waals surface area (Å²) in [6.45, 7) is 4.05. The largest absolute Gasteiger partial charge is 0.344 e. The molecule has 1 aromatic carbocycles. The summed E-state index contributed by atoms with van der Waals surface area (Å²) >= 11 is 0. The monoisotopic (exact) mass is 353 g/mol.